The topological polar surface area (TPSA) is 41.6 Å². The third-order valence-corrected chi connectivity index (χ3v) is 3.49. The van der Waals surface area contributed by atoms with E-state index in [9.17, 15) is 4.79 Å². The fourth-order valence-electron chi connectivity index (χ4n) is 2.52. The molecule has 0 spiro atoms. The van der Waals surface area contributed by atoms with Crippen LogP contribution in [0.5, 0.6) is 0 Å². The number of ether oxygens (including phenoxy) is 1. The van der Waals surface area contributed by atoms with Gasteiger partial charge in [-0.05, 0) is 32.2 Å². The lowest BCUT2D eigenvalue weighted by molar-refractivity contribution is -0.139. The van der Waals surface area contributed by atoms with E-state index in [1.165, 1.54) is 19.3 Å². The summed E-state index contributed by atoms with van der Waals surface area (Å²) in [6.07, 6.45) is 5.46. The second-order valence-electron chi connectivity index (χ2n) is 4.87. The van der Waals surface area contributed by atoms with Crippen molar-refractivity contribution in [3.63, 3.8) is 0 Å². The summed E-state index contributed by atoms with van der Waals surface area (Å²) in [4.78, 5) is 13.8. The molecule has 0 radical (unpaired) electrons. The molecule has 0 aromatic rings. The van der Waals surface area contributed by atoms with Crippen LogP contribution in [0.25, 0.3) is 0 Å². The summed E-state index contributed by atoms with van der Waals surface area (Å²) in [5.41, 5.74) is 0. The van der Waals surface area contributed by atoms with Gasteiger partial charge in [0.05, 0.1) is 0 Å². The Morgan fingerprint density at radius 3 is 2.88 bits per heavy atom. The number of hydrogen-bond acceptors (Lipinski definition) is 3. The largest absolute Gasteiger partial charge is 0.368 e. The molecule has 4 nitrogen and oxygen atoms in total. The highest BCUT2D eigenvalue weighted by atomic mass is 16.5. The van der Waals surface area contributed by atoms with E-state index < -0.39 is 0 Å². The summed E-state index contributed by atoms with van der Waals surface area (Å²) in [7, 11) is 1.89. The first-order chi connectivity index (χ1) is 7.77. The fourth-order valence-corrected chi connectivity index (χ4v) is 2.52. The normalized spacial score (nSPS) is 30.3. The van der Waals surface area contributed by atoms with Crippen molar-refractivity contribution >= 4 is 5.91 Å². The molecule has 1 amide bonds. The van der Waals surface area contributed by atoms with E-state index in [4.69, 9.17) is 4.74 Å². The van der Waals surface area contributed by atoms with Crippen LogP contribution in [0.1, 0.15) is 32.1 Å². The monoisotopic (exact) mass is 226 g/mol. The molecule has 0 bridgehead atoms. The number of nitrogens with one attached hydrogen (secondary N) is 1. The van der Waals surface area contributed by atoms with Crippen LogP contribution in [0.15, 0.2) is 0 Å². The van der Waals surface area contributed by atoms with Crippen LogP contribution in [-0.4, -0.2) is 49.7 Å². The third kappa shape index (κ3) is 2.95. The van der Waals surface area contributed by atoms with Crippen LogP contribution in [0, 0.1) is 0 Å². The molecule has 92 valence electrons. The second-order valence-corrected chi connectivity index (χ2v) is 4.87. The van der Waals surface area contributed by atoms with Crippen LogP contribution >= 0.6 is 0 Å². The van der Waals surface area contributed by atoms with Gasteiger partial charge in [-0.1, -0.05) is 6.42 Å². The van der Waals surface area contributed by atoms with Gasteiger partial charge in [-0.15, -0.1) is 0 Å². The van der Waals surface area contributed by atoms with Gasteiger partial charge in [0.25, 0.3) is 5.91 Å². The number of hydrogen-bond donors (Lipinski definition) is 1. The van der Waals surface area contributed by atoms with E-state index in [1.807, 2.05) is 11.9 Å². The lowest BCUT2D eigenvalue weighted by Crippen LogP contribution is -2.46. The molecule has 2 aliphatic heterocycles. The van der Waals surface area contributed by atoms with Crippen LogP contribution < -0.4 is 5.32 Å². The standard InChI is InChI=1S/C12H22N2O2/c1-14(9-10-5-2-3-7-13-10)12(15)11-6-4-8-16-11/h10-11,13H,2-9H2,1H3/t10?,11-/m0/s1. The number of nitrogens with zero attached hydrogens (tertiary/aromatic N) is 1. The van der Waals surface area contributed by atoms with Gasteiger partial charge in [0.15, 0.2) is 0 Å². The van der Waals surface area contributed by atoms with Gasteiger partial charge in [-0.2, -0.15) is 0 Å². The molecular weight excluding hydrogens is 204 g/mol. The molecule has 0 aliphatic carbocycles. The average molecular weight is 226 g/mol. The molecular formula is C12H22N2O2. The number of rotatable bonds is 3. The van der Waals surface area contributed by atoms with Crippen molar-refractivity contribution in [2.75, 3.05) is 26.7 Å². The molecule has 2 fully saturated rings. The molecule has 2 atom stereocenters. The fraction of sp³-hybridized carbons (Fsp3) is 0.917. The first kappa shape index (κ1) is 11.9. The van der Waals surface area contributed by atoms with E-state index in [2.05, 4.69) is 5.32 Å². The summed E-state index contributed by atoms with van der Waals surface area (Å²) in [6, 6.07) is 0.476. The van der Waals surface area contributed by atoms with Gasteiger partial charge in [0, 0.05) is 26.2 Å². The zero-order chi connectivity index (χ0) is 11.4. The number of carbonyl (C=O) groups is 1. The van der Waals surface area contributed by atoms with Gasteiger partial charge in [-0.3, -0.25) is 4.79 Å². The summed E-state index contributed by atoms with van der Waals surface area (Å²) in [5.74, 6) is 0.157. The molecule has 1 N–H and O–H groups in total. The van der Waals surface area contributed by atoms with Gasteiger partial charge < -0.3 is 15.0 Å². The molecule has 0 aromatic heterocycles. The number of likely N-dealkylation sites (N-methyl/N-ethyl adjacent to an activating group) is 1. The molecule has 2 rings (SSSR count). The van der Waals surface area contributed by atoms with Gasteiger partial charge >= 0.3 is 0 Å². The van der Waals surface area contributed by atoms with Crippen LogP contribution in [0.2, 0.25) is 0 Å². The van der Waals surface area contributed by atoms with Crippen molar-refractivity contribution in [2.45, 2.75) is 44.2 Å². The Labute approximate surface area is 97.3 Å². The van der Waals surface area contributed by atoms with Crippen LogP contribution in [-0.2, 0) is 9.53 Å². The Hall–Kier alpha value is -0.610. The Kier molecular flexibility index (Phi) is 4.18. The second kappa shape index (κ2) is 5.64. The van der Waals surface area contributed by atoms with Gasteiger partial charge in [0.1, 0.15) is 6.10 Å². The SMILES string of the molecule is CN(CC1CCCCN1)C(=O)[C@@H]1CCCO1. The van der Waals surface area contributed by atoms with Crippen LogP contribution in [0.4, 0.5) is 0 Å². The van der Waals surface area contributed by atoms with E-state index in [1.54, 1.807) is 0 Å². The minimum absolute atomic E-state index is 0.157. The van der Waals surface area contributed by atoms with Crippen molar-refractivity contribution in [3.8, 4) is 0 Å². The zero-order valence-electron chi connectivity index (χ0n) is 10.1. The van der Waals surface area contributed by atoms with E-state index >= 15 is 0 Å². The maximum absolute atomic E-state index is 12.0. The Balaban J connectivity index is 1.77. The lowest BCUT2D eigenvalue weighted by Gasteiger charge is -2.29. The predicted octanol–water partition coefficient (Wildman–Crippen LogP) is 0.766. The predicted molar refractivity (Wildman–Crippen MR) is 62.3 cm³/mol. The Morgan fingerprint density at radius 2 is 2.25 bits per heavy atom. The average Bonchev–Trinajstić information content (AvgIpc) is 2.83. The summed E-state index contributed by atoms with van der Waals surface area (Å²) in [5, 5.41) is 3.46. The molecule has 4 heteroatoms. The summed E-state index contributed by atoms with van der Waals surface area (Å²) in [6.45, 7) is 2.65. The molecule has 2 aliphatic rings. The minimum Gasteiger partial charge on any atom is -0.368 e. The number of piperidine rings is 1. The maximum Gasteiger partial charge on any atom is 0.251 e. The van der Waals surface area contributed by atoms with Gasteiger partial charge in [0.2, 0.25) is 0 Å². The van der Waals surface area contributed by atoms with Crippen molar-refractivity contribution in [3.05, 3.63) is 0 Å². The quantitative estimate of drug-likeness (QED) is 0.772. The molecule has 2 heterocycles. The number of carbonyl (C=O) groups excluding carboxylic acids is 1. The van der Waals surface area contributed by atoms with Gasteiger partial charge in [-0.25, -0.2) is 0 Å². The Morgan fingerprint density at radius 1 is 1.38 bits per heavy atom. The highest BCUT2D eigenvalue weighted by molar-refractivity contribution is 5.80. The highest BCUT2D eigenvalue weighted by Crippen LogP contribution is 2.15. The van der Waals surface area contributed by atoms with E-state index in [0.29, 0.717) is 6.04 Å². The van der Waals surface area contributed by atoms with Crippen molar-refractivity contribution < 1.29 is 9.53 Å². The van der Waals surface area contributed by atoms with Crippen molar-refractivity contribution in [1.82, 2.24) is 10.2 Å². The summed E-state index contributed by atoms with van der Waals surface area (Å²) < 4.78 is 5.41. The maximum atomic E-state index is 12.0. The lowest BCUT2D eigenvalue weighted by atomic mass is 10.0. The zero-order valence-corrected chi connectivity index (χ0v) is 10.1. The van der Waals surface area contributed by atoms with Crippen molar-refractivity contribution in [2.24, 2.45) is 0 Å². The van der Waals surface area contributed by atoms with E-state index in [-0.39, 0.29) is 12.0 Å². The smallest absolute Gasteiger partial charge is 0.251 e. The summed E-state index contributed by atoms with van der Waals surface area (Å²) >= 11 is 0. The third-order valence-electron chi connectivity index (χ3n) is 3.49. The highest BCUT2D eigenvalue weighted by Gasteiger charge is 2.27. The van der Waals surface area contributed by atoms with Crippen LogP contribution in [0.3, 0.4) is 0 Å². The minimum atomic E-state index is -0.173. The molecule has 1 unspecified atom stereocenters. The molecule has 0 aromatic carbocycles. The van der Waals surface area contributed by atoms with Crippen molar-refractivity contribution in [1.29, 1.82) is 0 Å². The first-order valence-corrected chi connectivity index (χ1v) is 6.37. The first-order valence-electron chi connectivity index (χ1n) is 6.37. The Bertz CT molecular complexity index is 233. The molecule has 0 saturated carbocycles. The van der Waals surface area contributed by atoms with E-state index in [0.717, 1.165) is 32.5 Å². The molecule has 2 saturated heterocycles. The number of amides is 1. The molecule has 16 heavy (non-hydrogen) atoms.